The molecule has 41 heavy (non-hydrogen) atoms. The molecule has 0 amide bonds. The summed E-state index contributed by atoms with van der Waals surface area (Å²) in [6.07, 6.45) is 1.32. The molecule has 0 aromatic heterocycles. The van der Waals surface area contributed by atoms with E-state index in [0.29, 0.717) is 41.4 Å². The zero-order valence-electron chi connectivity index (χ0n) is 25.0. The molecule has 5 rings (SSSR count). The lowest BCUT2D eigenvalue weighted by Crippen LogP contribution is -2.59. The average molecular weight is 599 g/mol. The molecule has 0 spiro atoms. The summed E-state index contributed by atoms with van der Waals surface area (Å²) in [7, 11) is -3.59. The molecular formula is C33H49F3O4S. The van der Waals surface area contributed by atoms with Gasteiger partial charge in [-0.1, -0.05) is 39.0 Å². The predicted octanol–water partition coefficient (Wildman–Crippen LogP) is 7.58. The highest BCUT2D eigenvalue weighted by Gasteiger charge is 2.65. The molecular weight excluding hydrogens is 549 g/mol. The Kier molecular flexibility index (Phi) is 8.25. The minimum absolute atomic E-state index is 0.0804. The van der Waals surface area contributed by atoms with Crippen LogP contribution >= 0.6 is 0 Å². The van der Waals surface area contributed by atoms with E-state index in [-0.39, 0.29) is 41.9 Å². The van der Waals surface area contributed by atoms with Crippen LogP contribution in [0.5, 0.6) is 0 Å². The van der Waals surface area contributed by atoms with Gasteiger partial charge in [0.25, 0.3) is 0 Å². The number of hydrogen-bond acceptors (Lipinski definition) is 4. The molecule has 1 aromatic rings. The Hall–Kier alpha value is -1.12. The van der Waals surface area contributed by atoms with Crippen LogP contribution in [0.2, 0.25) is 0 Å². The van der Waals surface area contributed by atoms with Crippen LogP contribution in [0.1, 0.15) is 98.3 Å². The van der Waals surface area contributed by atoms with Crippen molar-refractivity contribution in [1.82, 2.24) is 0 Å². The summed E-state index contributed by atoms with van der Waals surface area (Å²) in [6.45, 7) is 8.45. The first-order chi connectivity index (χ1) is 19.0. The van der Waals surface area contributed by atoms with Crippen molar-refractivity contribution in [1.29, 1.82) is 0 Å². The molecule has 1 aromatic carbocycles. The molecule has 0 aliphatic heterocycles. The number of fused-ring (bicyclic) bond motifs is 5. The molecule has 4 nitrogen and oxygen atoms in total. The number of rotatable bonds is 7. The zero-order valence-corrected chi connectivity index (χ0v) is 25.9. The Balaban J connectivity index is 1.33. The molecule has 0 heterocycles. The fraction of sp³-hybridized carbons (Fsp3) is 0.818. The standard InChI is InChI=1S/C33H49F3O4S/c1-21(18-25(19-22(2)37)41(39,40)24-8-6-5-7-9-24)27-12-13-28-26-11-10-23-20-32(38,33(34,35)36)17-16-30(23,3)29(26)14-15-31(27,28)4/h5-9,21-23,25-29,37-38H,10-20H2,1-4H3/t21-,22-,23+,25?,26+,27-,28+,29+,30+,31-,32+/m1/s1. The maximum Gasteiger partial charge on any atom is 0.417 e. The molecule has 1 unspecified atom stereocenters. The van der Waals surface area contributed by atoms with Gasteiger partial charge >= 0.3 is 6.18 Å². The first-order valence-corrected chi connectivity index (χ1v) is 17.3. The number of benzene rings is 1. The third-order valence-corrected chi connectivity index (χ3v) is 15.0. The van der Waals surface area contributed by atoms with E-state index in [0.717, 1.165) is 38.5 Å². The molecule has 4 aliphatic rings. The fourth-order valence-electron chi connectivity index (χ4n) is 10.6. The first kappa shape index (κ1) is 31.3. The largest absolute Gasteiger partial charge is 0.417 e. The van der Waals surface area contributed by atoms with Crippen molar-refractivity contribution in [2.75, 3.05) is 0 Å². The normalized spacial score (nSPS) is 41.5. The Morgan fingerprint density at radius 1 is 0.902 bits per heavy atom. The maximum absolute atomic E-state index is 13.7. The van der Waals surface area contributed by atoms with Crippen molar-refractivity contribution < 1.29 is 31.8 Å². The molecule has 0 saturated heterocycles. The quantitative estimate of drug-likeness (QED) is 0.339. The van der Waals surface area contributed by atoms with Gasteiger partial charge in [0.1, 0.15) is 0 Å². The lowest BCUT2D eigenvalue weighted by Gasteiger charge is -2.62. The SMILES string of the molecule is C[C@H](CC(C[C@@H](C)O)S(=O)(=O)c1ccccc1)[C@H]1CC[C@H]2[C@@H]3CC[C@H]4C[C@](O)(C(F)(F)F)CC[C@]4(C)[C@H]3CC[C@]12C. The summed E-state index contributed by atoms with van der Waals surface area (Å²) in [6, 6.07) is 8.56. The maximum atomic E-state index is 13.7. The van der Waals surface area contributed by atoms with Crippen molar-refractivity contribution in [3.05, 3.63) is 30.3 Å². The minimum Gasteiger partial charge on any atom is -0.393 e. The van der Waals surface area contributed by atoms with Gasteiger partial charge in [0.05, 0.1) is 16.2 Å². The van der Waals surface area contributed by atoms with E-state index < -0.39 is 33.0 Å². The summed E-state index contributed by atoms with van der Waals surface area (Å²) in [5.41, 5.74) is -2.64. The number of halogens is 3. The van der Waals surface area contributed by atoms with Crippen LogP contribution in [0.4, 0.5) is 13.2 Å². The highest BCUT2D eigenvalue weighted by molar-refractivity contribution is 7.92. The smallest absolute Gasteiger partial charge is 0.393 e. The predicted molar refractivity (Wildman–Crippen MR) is 154 cm³/mol. The van der Waals surface area contributed by atoms with Crippen molar-refractivity contribution in [3.8, 4) is 0 Å². The summed E-state index contributed by atoms with van der Waals surface area (Å²) < 4.78 is 68.4. The van der Waals surface area contributed by atoms with Crippen LogP contribution in [0, 0.1) is 46.3 Å². The monoisotopic (exact) mass is 598 g/mol. The van der Waals surface area contributed by atoms with Gasteiger partial charge in [-0.2, -0.15) is 13.2 Å². The number of hydrogen-bond donors (Lipinski definition) is 2. The fourth-order valence-corrected chi connectivity index (χ4v) is 12.6. The van der Waals surface area contributed by atoms with Crippen molar-refractivity contribution in [3.63, 3.8) is 0 Å². The van der Waals surface area contributed by atoms with Crippen LogP contribution in [0.25, 0.3) is 0 Å². The molecule has 4 saturated carbocycles. The third-order valence-electron chi connectivity index (χ3n) is 12.8. The zero-order chi connectivity index (χ0) is 30.0. The van der Waals surface area contributed by atoms with Crippen LogP contribution in [0.15, 0.2) is 35.2 Å². The molecule has 232 valence electrons. The van der Waals surface area contributed by atoms with E-state index in [1.165, 1.54) is 0 Å². The van der Waals surface area contributed by atoms with Crippen LogP contribution in [0.3, 0.4) is 0 Å². The number of aliphatic hydroxyl groups excluding tert-OH is 1. The summed E-state index contributed by atoms with van der Waals surface area (Å²) in [5, 5.41) is 20.1. The van der Waals surface area contributed by atoms with E-state index in [9.17, 15) is 31.8 Å². The van der Waals surface area contributed by atoms with E-state index in [1.807, 2.05) is 0 Å². The number of aliphatic hydroxyl groups is 2. The second kappa shape index (κ2) is 10.8. The Morgan fingerprint density at radius 2 is 1.56 bits per heavy atom. The lowest BCUT2D eigenvalue weighted by molar-refractivity contribution is -0.290. The van der Waals surface area contributed by atoms with E-state index in [1.54, 1.807) is 37.3 Å². The Labute approximate surface area is 244 Å². The van der Waals surface area contributed by atoms with Gasteiger partial charge in [-0.25, -0.2) is 8.42 Å². The highest BCUT2D eigenvalue weighted by atomic mass is 32.2. The number of sulfone groups is 1. The van der Waals surface area contributed by atoms with Crippen LogP contribution in [-0.4, -0.2) is 41.8 Å². The highest BCUT2D eigenvalue weighted by Crippen LogP contribution is 2.69. The van der Waals surface area contributed by atoms with Gasteiger partial charge in [-0.3, -0.25) is 0 Å². The molecule has 4 aliphatic carbocycles. The minimum atomic E-state index is -4.58. The summed E-state index contributed by atoms with van der Waals surface area (Å²) in [5.74, 6) is 1.80. The summed E-state index contributed by atoms with van der Waals surface area (Å²) >= 11 is 0. The van der Waals surface area contributed by atoms with Crippen LogP contribution in [-0.2, 0) is 9.84 Å². The molecule has 8 heteroatoms. The first-order valence-electron chi connectivity index (χ1n) is 15.8. The van der Waals surface area contributed by atoms with Crippen molar-refractivity contribution >= 4 is 9.84 Å². The average Bonchev–Trinajstić information content (AvgIpc) is 3.25. The third kappa shape index (κ3) is 5.30. The van der Waals surface area contributed by atoms with Gasteiger partial charge in [-0.15, -0.1) is 0 Å². The molecule has 4 fully saturated rings. The van der Waals surface area contributed by atoms with Gasteiger partial charge in [0, 0.05) is 0 Å². The lowest BCUT2D eigenvalue weighted by atomic mass is 9.43. The van der Waals surface area contributed by atoms with E-state index in [4.69, 9.17) is 0 Å². The van der Waals surface area contributed by atoms with Crippen LogP contribution < -0.4 is 0 Å². The van der Waals surface area contributed by atoms with Crippen molar-refractivity contribution in [2.45, 2.75) is 126 Å². The van der Waals surface area contributed by atoms with Gasteiger partial charge < -0.3 is 10.2 Å². The molecule has 2 N–H and O–H groups in total. The summed E-state index contributed by atoms with van der Waals surface area (Å²) in [4.78, 5) is 0.309. The van der Waals surface area contributed by atoms with Gasteiger partial charge in [0.15, 0.2) is 15.4 Å². The second-order valence-electron chi connectivity index (χ2n) is 14.9. The molecule has 0 radical (unpaired) electrons. The van der Waals surface area contributed by atoms with E-state index >= 15 is 0 Å². The Morgan fingerprint density at radius 3 is 2.20 bits per heavy atom. The van der Waals surface area contributed by atoms with E-state index in [2.05, 4.69) is 20.8 Å². The topological polar surface area (TPSA) is 74.6 Å². The van der Waals surface area contributed by atoms with Gasteiger partial charge in [0.2, 0.25) is 0 Å². The van der Waals surface area contributed by atoms with Gasteiger partial charge in [-0.05, 0) is 136 Å². The second-order valence-corrected chi connectivity index (χ2v) is 17.1. The number of alkyl halides is 3. The Bertz CT molecular complexity index is 1190. The molecule has 11 atom stereocenters. The van der Waals surface area contributed by atoms with Crippen molar-refractivity contribution in [2.24, 2.45) is 46.3 Å². The molecule has 0 bridgehead atoms.